The first-order chi connectivity index (χ1) is 14.6. The summed E-state index contributed by atoms with van der Waals surface area (Å²) in [4.78, 5) is 15.2. The molecule has 0 saturated carbocycles. The van der Waals surface area contributed by atoms with E-state index >= 15 is 0 Å². The molecule has 1 aliphatic heterocycles. The van der Waals surface area contributed by atoms with E-state index in [0.29, 0.717) is 23.0 Å². The molecule has 1 atom stereocenters. The molecule has 2 nitrogen and oxygen atoms in total. The Morgan fingerprint density at radius 1 is 0.833 bits per heavy atom. The Hall–Kier alpha value is -2.81. The van der Waals surface area contributed by atoms with Gasteiger partial charge in [-0.3, -0.25) is 4.79 Å². The number of carbonyl (C=O) groups is 1. The highest BCUT2D eigenvalue weighted by Crippen LogP contribution is 2.45. The van der Waals surface area contributed by atoms with Crippen LogP contribution in [0.4, 0.5) is 5.69 Å². The van der Waals surface area contributed by atoms with E-state index in [-0.39, 0.29) is 11.8 Å². The average molecular weight is 432 g/mol. The maximum absolute atomic E-state index is 13.3. The van der Waals surface area contributed by atoms with Crippen LogP contribution in [0.2, 0.25) is 10.0 Å². The zero-order chi connectivity index (χ0) is 20.7. The van der Waals surface area contributed by atoms with Crippen molar-refractivity contribution >= 4 is 45.6 Å². The molecule has 1 amide bonds. The summed E-state index contributed by atoms with van der Waals surface area (Å²) in [6.45, 7) is 0.555. The van der Waals surface area contributed by atoms with Crippen LogP contribution in [-0.2, 0) is 11.3 Å². The molecule has 1 unspecified atom stereocenters. The van der Waals surface area contributed by atoms with Gasteiger partial charge in [0.05, 0.1) is 16.6 Å². The highest BCUT2D eigenvalue weighted by Gasteiger charge is 2.33. The molecule has 0 bridgehead atoms. The molecule has 4 heteroatoms. The van der Waals surface area contributed by atoms with E-state index in [0.717, 1.165) is 27.6 Å². The summed E-state index contributed by atoms with van der Waals surface area (Å²) in [7, 11) is 0. The Labute approximate surface area is 185 Å². The molecule has 30 heavy (non-hydrogen) atoms. The molecule has 0 fully saturated rings. The van der Waals surface area contributed by atoms with Gasteiger partial charge in [-0.1, -0.05) is 89.9 Å². The van der Waals surface area contributed by atoms with Gasteiger partial charge in [0, 0.05) is 18.0 Å². The van der Waals surface area contributed by atoms with Crippen molar-refractivity contribution in [2.75, 3.05) is 4.90 Å². The predicted molar refractivity (Wildman–Crippen MR) is 125 cm³/mol. The fourth-order valence-corrected chi connectivity index (χ4v) is 4.67. The van der Waals surface area contributed by atoms with Gasteiger partial charge in [0.1, 0.15) is 0 Å². The van der Waals surface area contributed by atoms with Crippen molar-refractivity contribution in [2.24, 2.45) is 0 Å². The first-order valence-corrected chi connectivity index (χ1v) is 10.7. The van der Waals surface area contributed by atoms with Crippen molar-refractivity contribution in [2.45, 2.75) is 18.9 Å². The maximum atomic E-state index is 13.3. The van der Waals surface area contributed by atoms with Crippen LogP contribution in [0.15, 0.2) is 84.9 Å². The Bertz CT molecular complexity index is 1250. The largest absolute Gasteiger partial charge is 0.308 e. The van der Waals surface area contributed by atoms with Crippen LogP contribution < -0.4 is 4.90 Å². The number of halogens is 2. The summed E-state index contributed by atoms with van der Waals surface area (Å²) in [6, 6.07) is 28.3. The second-order valence-electron chi connectivity index (χ2n) is 7.62. The minimum atomic E-state index is -0.0691. The molecule has 5 rings (SSSR count). The lowest BCUT2D eigenvalue weighted by molar-refractivity contribution is -0.119. The SMILES string of the molecule is O=C1CC(c2ccc(Cl)c(Cl)c2)c2c(ccc3ccccc23)N1Cc1ccccc1. The summed E-state index contributed by atoms with van der Waals surface area (Å²) in [5.74, 6) is 0.0399. The quantitative estimate of drug-likeness (QED) is 0.335. The summed E-state index contributed by atoms with van der Waals surface area (Å²) in [5.41, 5.74) is 4.25. The number of anilines is 1. The summed E-state index contributed by atoms with van der Waals surface area (Å²) >= 11 is 12.5. The van der Waals surface area contributed by atoms with E-state index in [1.807, 2.05) is 53.4 Å². The molecule has 0 aliphatic carbocycles. The second kappa shape index (κ2) is 7.79. The average Bonchev–Trinajstić information content (AvgIpc) is 2.77. The molecule has 0 spiro atoms. The van der Waals surface area contributed by atoms with Crippen molar-refractivity contribution < 1.29 is 4.79 Å². The predicted octanol–water partition coefficient (Wildman–Crippen LogP) is 7.22. The molecule has 1 aliphatic rings. The van der Waals surface area contributed by atoms with Gasteiger partial charge in [-0.2, -0.15) is 0 Å². The van der Waals surface area contributed by atoms with Gasteiger partial charge in [-0.05, 0) is 45.7 Å². The van der Waals surface area contributed by atoms with E-state index in [1.54, 1.807) is 0 Å². The standard InChI is InChI=1S/C26H19Cl2NO/c27-22-12-10-19(14-23(22)28)21-15-25(30)29(16-17-6-2-1-3-7-17)24-13-11-18-8-4-5-9-20(18)26(21)24/h1-14,21H,15-16H2. The van der Waals surface area contributed by atoms with Crippen LogP contribution in [0.1, 0.15) is 29.0 Å². The Morgan fingerprint density at radius 2 is 1.60 bits per heavy atom. The molecule has 4 aromatic rings. The van der Waals surface area contributed by atoms with Crippen molar-refractivity contribution in [3.63, 3.8) is 0 Å². The zero-order valence-corrected chi connectivity index (χ0v) is 17.7. The van der Waals surface area contributed by atoms with Crippen LogP contribution in [-0.4, -0.2) is 5.91 Å². The highest BCUT2D eigenvalue weighted by molar-refractivity contribution is 6.42. The summed E-state index contributed by atoms with van der Waals surface area (Å²) < 4.78 is 0. The van der Waals surface area contributed by atoms with Crippen molar-refractivity contribution in [3.8, 4) is 0 Å². The van der Waals surface area contributed by atoms with Crippen LogP contribution in [0.25, 0.3) is 10.8 Å². The molecule has 1 heterocycles. The fraction of sp³-hybridized carbons (Fsp3) is 0.115. The number of fused-ring (bicyclic) bond motifs is 3. The summed E-state index contributed by atoms with van der Waals surface area (Å²) in [6.07, 6.45) is 0.395. The molecular weight excluding hydrogens is 413 g/mol. The molecule has 0 aromatic heterocycles. The molecule has 0 radical (unpaired) electrons. The molecule has 148 valence electrons. The zero-order valence-electron chi connectivity index (χ0n) is 16.2. The van der Waals surface area contributed by atoms with Gasteiger partial charge in [-0.25, -0.2) is 0 Å². The van der Waals surface area contributed by atoms with Gasteiger partial charge in [-0.15, -0.1) is 0 Å². The minimum absolute atomic E-state index is 0.0691. The maximum Gasteiger partial charge on any atom is 0.228 e. The van der Waals surface area contributed by atoms with E-state index in [2.05, 4.69) is 36.4 Å². The highest BCUT2D eigenvalue weighted by atomic mass is 35.5. The topological polar surface area (TPSA) is 20.3 Å². The van der Waals surface area contributed by atoms with E-state index < -0.39 is 0 Å². The third-order valence-corrected chi connectivity index (χ3v) is 6.54. The molecular formula is C26H19Cl2NO. The Morgan fingerprint density at radius 3 is 2.40 bits per heavy atom. The third kappa shape index (κ3) is 3.36. The van der Waals surface area contributed by atoms with Gasteiger partial charge in [0.2, 0.25) is 5.91 Å². The van der Waals surface area contributed by atoms with Crippen molar-refractivity contribution in [3.05, 3.63) is 112 Å². The number of hydrogen-bond acceptors (Lipinski definition) is 1. The van der Waals surface area contributed by atoms with E-state index in [9.17, 15) is 4.79 Å². The van der Waals surface area contributed by atoms with Crippen molar-refractivity contribution in [1.82, 2.24) is 0 Å². The van der Waals surface area contributed by atoms with Crippen molar-refractivity contribution in [1.29, 1.82) is 0 Å². The number of benzene rings is 4. The fourth-order valence-electron chi connectivity index (χ4n) is 4.36. The first kappa shape index (κ1) is 19.2. The van der Waals surface area contributed by atoms with Crippen LogP contribution in [0, 0.1) is 0 Å². The molecule has 4 aromatic carbocycles. The van der Waals surface area contributed by atoms with Crippen LogP contribution in [0.5, 0.6) is 0 Å². The number of amides is 1. The monoisotopic (exact) mass is 431 g/mol. The van der Waals surface area contributed by atoms with Crippen LogP contribution >= 0.6 is 23.2 Å². The smallest absolute Gasteiger partial charge is 0.228 e. The normalized spacial score (nSPS) is 16.0. The first-order valence-electron chi connectivity index (χ1n) is 9.92. The van der Waals surface area contributed by atoms with Gasteiger partial charge < -0.3 is 4.90 Å². The molecule has 0 N–H and O–H groups in total. The molecule has 0 saturated heterocycles. The summed E-state index contributed by atoms with van der Waals surface area (Å²) in [5, 5.41) is 3.36. The Balaban J connectivity index is 1.70. The Kier molecular flexibility index (Phi) is 4.98. The second-order valence-corrected chi connectivity index (χ2v) is 8.43. The van der Waals surface area contributed by atoms with E-state index in [4.69, 9.17) is 23.2 Å². The lowest BCUT2D eigenvalue weighted by Gasteiger charge is -2.35. The lowest BCUT2D eigenvalue weighted by Crippen LogP contribution is -2.36. The van der Waals surface area contributed by atoms with Crippen LogP contribution in [0.3, 0.4) is 0 Å². The number of carbonyl (C=O) groups excluding carboxylic acids is 1. The third-order valence-electron chi connectivity index (χ3n) is 5.80. The number of rotatable bonds is 3. The minimum Gasteiger partial charge on any atom is -0.308 e. The van der Waals surface area contributed by atoms with Gasteiger partial charge in [0.15, 0.2) is 0 Å². The lowest BCUT2D eigenvalue weighted by atomic mass is 9.81. The van der Waals surface area contributed by atoms with Gasteiger partial charge in [0.25, 0.3) is 0 Å². The number of hydrogen-bond donors (Lipinski definition) is 0. The van der Waals surface area contributed by atoms with E-state index in [1.165, 1.54) is 5.56 Å². The van der Waals surface area contributed by atoms with Gasteiger partial charge >= 0.3 is 0 Å². The number of nitrogens with zero attached hydrogens (tertiary/aromatic N) is 1.